The van der Waals surface area contributed by atoms with Crippen LogP contribution in [-0.2, 0) is 20.9 Å². The predicted molar refractivity (Wildman–Crippen MR) is 140 cm³/mol. The van der Waals surface area contributed by atoms with Crippen molar-refractivity contribution >= 4 is 34.4 Å². The second-order valence-corrected chi connectivity index (χ2v) is 9.25. The van der Waals surface area contributed by atoms with E-state index in [0.717, 1.165) is 9.13 Å². The number of halogens is 1. The van der Waals surface area contributed by atoms with Crippen LogP contribution in [-0.4, -0.2) is 71.5 Å². The maximum Gasteiger partial charge on any atom is 0.249 e. The fourth-order valence-electron chi connectivity index (χ4n) is 3.91. The number of aliphatic hydroxyl groups is 2. The highest BCUT2D eigenvalue weighted by Crippen LogP contribution is 2.30. The third-order valence-electron chi connectivity index (χ3n) is 5.66. The first kappa shape index (κ1) is 27.1. The standard InChI is InChI=1S/C26H31IN2O6/c1-2-34-17-24(31)29(16-18-8-4-3-5-9-18)21-14-19(26(33)28-12-13-30)15-23(25(21)32)35-22-11-7-6-10-20(22)27/h3-11,15,21,23,25,30,32H,2,12-14,16-17H2,1H3,(H,28,33). The minimum Gasteiger partial charge on any atom is -0.482 e. The zero-order valence-electron chi connectivity index (χ0n) is 19.6. The van der Waals surface area contributed by atoms with Gasteiger partial charge in [-0.3, -0.25) is 9.59 Å². The molecule has 0 saturated carbocycles. The van der Waals surface area contributed by atoms with Crippen molar-refractivity contribution in [1.82, 2.24) is 10.2 Å². The number of ether oxygens (including phenoxy) is 2. The summed E-state index contributed by atoms with van der Waals surface area (Å²) >= 11 is 2.14. The van der Waals surface area contributed by atoms with Gasteiger partial charge in [0.2, 0.25) is 11.8 Å². The van der Waals surface area contributed by atoms with Crippen molar-refractivity contribution in [3.8, 4) is 5.75 Å². The highest BCUT2D eigenvalue weighted by molar-refractivity contribution is 14.1. The molecular formula is C26H31IN2O6. The second-order valence-electron chi connectivity index (χ2n) is 8.09. The maximum absolute atomic E-state index is 13.2. The Morgan fingerprint density at radius 1 is 1.14 bits per heavy atom. The van der Waals surface area contributed by atoms with E-state index in [0.29, 0.717) is 17.9 Å². The fraction of sp³-hybridized carbons (Fsp3) is 0.385. The van der Waals surface area contributed by atoms with E-state index in [1.54, 1.807) is 17.0 Å². The Bertz CT molecular complexity index is 1020. The molecule has 0 spiro atoms. The monoisotopic (exact) mass is 594 g/mol. The Balaban J connectivity index is 1.95. The molecular weight excluding hydrogens is 563 g/mol. The molecule has 35 heavy (non-hydrogen) atoms. The average Bonchev–Trinajstić information content (AvgIpc) is 2.87. The van der Waals surface area contributed by atoms with Gasteiger partial charge in [-0.15, -0.1) is 0 Å². The number of nitrogens with one attached hydrogen (secondary N) is 1. The highest BCUT2D eigenvalue weighted by Gasteiger charge is 2.40. The second kappa shape index (κ2) is 13.6. The van der Waals surface area contributed by atoms with Crippen molar-refractivity contribution in [3.05, 3.63) is 75.4 Å². The average molecular weight is 594 g/mol. The first-order chi connectivity index (χ1) is 16.9. The Morgan fingerprint density at radius 2 is 1.86 bits per heavy atom. The number of aliphatic hydroxyl groups excluding tert-OH is 2. The lowest BCUT2D eigenvalue weighted by Gasteiger charge is -2.40. The van der Waals surface area contributed by atoms with Crippen molar-refractivity contribution in [2.75, 3.05) is 26.4 Å². The van der Waals surface area contributed by atoms with Crippen LogP contribution >= 0.6 is 22.6 Å². The number of nitrogens with zero attached hydrogens (tertiary/aromatic N) is 1. The summed E-state index contributed by atoms with van der Waals surface area (Å²) in [5.74, 6) is -0.0894. The molecule has 0 heterocycles. The van der Waals surface area contributed by atoms with Crippen LogP contribution in [0.4, 0.5) is 0 Å². The van der Waals surface area contributed by atoms with E-state index in [1.807, 2.05) is 55.5 Å². The molecule has 2 aromatic rings. The summed E-state index contributed by atoms with van der Waals surface area (Å²) in [7, 11) is 0. The zero-order chi connectivity index (χ0) is 25.2. The molecule has 1 aliphatic carbocycles. The van der Waals surface area contributed by atoms with Gasteiger partial charge in [0.1, 0.15) is 24.6 Å². The molecule has 0 aliphatic heterocycles. The van der Waals surface area contributed by atoms with Gasteiger partial charge < -0.3 is 29.9 Å². The molecule has 0 bridgehead atoms. The molecule has 9 heteroatoms. The smallest absolute Gasteiger partial charge is 0.249 e. The molecule has 3 unspecified atom stereocenters. The summed E-state index contributed by atoms with van der Waals surface area (Å²) in [4.78, 5) is 27.6. The van der Waals surface area contributed by atoms with Crippen LogP contribution < -0.4 is 10.1 Å². The van der Waals surface area contributed by atoms with Gasteiger partial charge >= 0.3 is 0 Å². The number of rotatable bonds is 11. The molecule has 0 radical (unpaired) electrons. The van der Waals surface area contributed by atoms with Crippen molar-refractivity contribution < 1.29 is 29.3 Å². The molecule has 0 saturated heterocycles. The van der Waals surface area contributed by atoms with Gasteiger partial charge in [0.05, 0.1) is 16.2 Å². The van der Waals surface area contributed by atoms with E-state index in [4.69, 9.17) is 14.6 Å². The normalized spacial score (nSPS) is 19.5. The lowest BCUT2D eigenvalue weighted by Crippen LogP contribution is -2.55. The first-order valence-electron chi connectivity index (χ1n) is 11.5. The Morgan fingerprint density at radius 3 is 2.54 bits per heavy atom. The number of benzene rings is 2. The molecule has 2 aromatic carbocycles. The maximum atomic E-state index is 13.2. The number of hydrogen-bond donors (Lipinski definition) is 3. The van der Waals surface area contributed by atoms with Crippen LogP contribution in [0.15, 0.2) is 66.2 Å². The summed E-state index contributed by atoms with van der Waals surface area (Å²) in [5, 5.41) is 23.2. The van der Waals surface area contributed by atoms with E-state index in [9.17, 15) is 14.7 Å². The molecule has 2 amide bonds. The summed E-state index contributed by atoms with van der Waals surface area (Å²) in [6, 6.07) is 16.1. The van der Waals surface area contributed by atoms with E-state index < -0.39 is 18.2 Å². The molecule has 188 valence electrons. The summed E-state index contributed by atoms with van der Waals surface area (Å²) in [5.41, 5.74) is 1.27. The quantitative estimate of drug-likeness (QED) is 0.345. The fourth-order valence-corrected chi connectivity index (χ4v) is 4.42. The van der Waals surface area contributed by atoms with Crippen molar-refractivity contribution in [2.45, 2.75) is 38.1 Å². The molecule has 3 atom stereocenters. The number of carbonyl (C=O) groups excluding carboxylic acids is 2. The van der Waals surface area contributed by atoms with Crippen molar-refractivity contribution in [2.24, 2.45) is 0 Å². The molecule has 1 aliphatic rings. The Labute approximate surface area is 219 Å². The molecule has 3 N–H and O–H groups in total. The minimum absolute atomic E-state index is 0.0997. The lowest BCUT2D eigenvalue weighted by molar-refractivity contribution is -0.144. The summed E-state index contributed by atoms with van der Waals surface area (Å²) < 4.78 is 12.4. The summed E-state index contributed by atoms with van der Waals surface area (Å²) in [6.07, 6.45) is -0.216. The SMILES string of the molecule is CCOCC(=O)N(Cc1ccccc1)C1CC(C(=O)NCCO)=CC(Oc2ccccc2I)C1O. The van der Waals surface area contributed by atoms with E-state index in [2.05, 4.69) is 27.9 Å². The van der Waals surface area contributed by atoms with Gasteiger partial charge in [0, 0.05) is 31.7 Å². The topological polar surface area (TPSA) is 108 Å². The van der Waals surface area contributed by atoms with E-state index in [-0.39, 0.29) is 44.5 Å². The van der Waals surface area contributed by atoms with Gasteiger partial charge in [-0.1, -0.05) is 42.5 Å². The molecule has 8 nitrogen and oxygen atoms in total. The van der Waals surface area contributed by atoms with E-state index >= 15 is 0 Å². The van der Waals surface area contributed by atoms with Crippen LogP contribution in [0, 0.1) is 3.57 Å². The Kier molecular flexibility index (Phi) is 10.5. The van der Waals surface area contributed by atoms with Gasteiger partial charge in [-0.2, -0.15) is 0 Å². The number of para-hydroxylation sites is 1. The molecule has 0 fully saturated rings. The van der Waals surface area contributed by atoms with E-state index in [1.165, 1.54) is 0 Å². The largest absolute Gasteiger partial charge is 0.482 e. The van der Waals surface area contributed by atoms with Crippen molar-refractivity contribution in [1.29, 1.82) is 0 Å². The number of hydrogen-bond acceptors (Lipinski definition) is 6. The predicted octanol–water partition coefficient (Wildman–Crippen LogP) is 2.27. The minimum atomic E-state index is -1.09. The first-order valence-corrected chi connectivity index (χ1v) is 12.6. The molecule has 3 rings (SSSR count). The van der Waals surface area contributed by atoms with Crippen molar-refractivity contribution in [3.63, 3.8) is 0 Å². The van der Waals surface area contributed by atoms with Gasteiger partial charge in [-0.05, 0) is 53.3 Å². The lowest BCUT2D eigenvalue weighted by atomic mass is 9.88. The van der Waals surface area contributed by atoms with Crippen LogP contribution in [0.2, 0.25) is 0 Å². The van der Waals surface area contributed by atoms with Crippen LogP contribution in [0.1, 0.15) is 18.9 Å². The van der Waals surface area contributed by atoms with Crippen LogP contribution in [0.5, 0.6) is 5.75 Å². The van der Waals surface area contributed by atoms with Gasteiger partial charge in [0.25, 0.3) is 0 Å². The Hall–Kier alpha value is -2.47. The van der Waals surface area contributed by atoms with Crippen LogP contribution in [0.25, 0.3) is 0 Å². The summed E-state index contributed by atoms with van der Waals surface area (Å²) in [6.45, 7) is 2.20. The van der Waals surface area contributed by atoms with Gasteiger partial charge in [0.15, 0.2) is 0 Å². The third-order valence-corrected chi connectivity index (χ3v) is 6.55. The number of amides is 2. The highest BCUT2D eigenvalue weighted by atomic mass is 127. The third kappa shape index (κ3) is 7.50. The van der Waals surface area contributed by atoms with Gasteiger partial charge in [-0.25, -0.2) is 0 Å². The van der Waals surface area contributed by atoms with Crippen LogP contribution in [0.3, 0.4) is 0 Å². The number of carbonyl (C=O) groups is 2. The molecule has 0 aromatic heterocycles. The zero-order valence-corrected chi connectivity index (χ0v) is 21.8.